The van der Waals surface area contributed by atoms with Crippen molar-refractivity contribution in [3.63, 3.8) is 0 Å². The van der Waals surface area contributed by atoms with Gasteiger partial charge >= 0.3 is 7.12 Å². The summed E-state index contributed by atoms with van der Waals surface area (Å²) in [5.74, 6) is 1.28. The van der Waals surface area contributed by atoms with Gasteiger partial charge in [0.1, 0.15) is 0 Å². The van der Waals surface area contributed by atoms with E-state index < -0.39 is 0 Å². The largest absolute Gasteiger partial charge is 0.461 e. The van der Waals surface area contributed by atoms with E-state index in [4.69, 9.17) is 19.8 Å². The molecule has 2 N–H and O–H groups in total. The first-order valence-corrected chi connectivity index (χ1v) is 9.89. The third-order valence-electron chi connectivity index (χ3n) is 7.85. The second kappa shape index (κ2) is 6.95. The van der Waals surface area contributed by atoms with E-state index in [9.17, 15) is 4.79 Å². The number of carbonyl (C=O) groups excluding carboxylic acids is 1. The Balaban J connectivity index is 0.00000196. The molecule has 0 aromatic heterocycles. The highest BCUT2D eigenvalue weighted by atomic mass is 35.5. The van der Waals surface area contributed by atoms with Gasteiger partial charge in [0.05, 0.1) is 24.2 Å². The molecule has 0 spiro atoms. The van der Waals surface area contributed by atoms with Crippen molar-refractivity contribution in [1.82, 2.24) is 0 Å². The number of methoxy groups -OCH3 is 1. The maximum Gasteiger partial charge on any atom is 0.461 e. The molecule has 5 aliphatic rings. The maximum absolute atomic E-state index is 12.1. The Morgan fingerprint density at radius 3 is 2.54 bits per heavy atom. The van der Waals surface area contributed by atoms with Crippen LogP contribution in [0.1, 0.15) is 52.9 Å². The monoisotopic (exact) mass is 385 g/mol. The van der Waals surface area contributed by atoms with Crippen molar-refractivity contribution < 1.29 is 18.8 Å². The molecule has 1 heterocycles. The summed E-state index contributed by atoms with van der Waals surface area (Å²) in [5.41, 5.74) is 5.80. The Kier molecular flexibility index (Phi) is 5.46. The van der Waals surface area contributed by atoms with Gasteiger partial charge in [-0.05, 0) is 49.4 Å². The molecule has 2 bridgehead atoms. The zero-order valence-corrected chi connectivity index (χ0v) is 17.2. The molecule has 148 valence electrons. The van der Waals surface area contributed by atoms with Crippen molar-refractivity contribution in [3.8, 4) is 0 Å². The van der Waals surface area contributed by atoms with Gasteiger partial charge in [0.2, 0.25) is 5.91 Å². The van der Waals surface area contributed by atoms with Crippen LogP contribution in [-0.4, -0.2) is 38.4 Å². The molecule has 5 nitrogen and oxygen atoms in total. The molecule has 7 heteroatoms. The molecule has 1 unspecified atom stereocenters. The molecule has 0 radical (unpaired) electrons. The van der Waals surface area contributed by atoms with Gasteiger partial charge in [0.25, 0.3) is 0 Å². The van der Waals surface area contributed by atoms with Crippen LogP contribution >= 0.6 is 12.4 Å². The van der Waals surface area contributed by atoms with Gasteiger partial charge in [0.15, 0.2) is 0 Å². The Morgan fingerprint density at radius 1 is 1.31 bits per heavy atom. The van der Waals surface area contributed by atoms with Crippen LogP contribution in [0.5, 0.6) is 0 Å². The molecule has 26 heavy (non-hydrogen) atoms. The topological polar surface area (TPSA) is 70.8 Å². The SMILES string of the molecule is COCC(C(N)=O)[C@@H](CC1CC1)B1O[C@@H]2C[C@@H]3C[C@@H](C3(C)C)[C@]2(C)O1.Cl. The van der Waals surface area contributed by atoms with Crippen LogP contribution in [0.4, 0.5) is 0 Å². The van der Waals surface area contributed by atoms with Gasteiger partial charge in [-0.15, -0.1) is 12.4 Å². The Hall–Kier alpha value is -0.295. The third-order valence-corrected chi connectivity index (χ3v) is 7.85. The fourth-order valence-electron chi connectivity index (χ4n) is 5.88. The fourth-order valence-corrected chi connectivity index (χ4v) is 5.88. The van der Waals surface area contributed by atoms with Gasteiger partial charge < -0.3 is 19.8 Å². The summed E-state index contributed by atoms with van der Waals surface area (Å²) in [4.78, 5) is 12.1. The van der Waals surface area contributed by atoms with Crippen molar-refractivity contribution in [2.75, 3.05) is 13.7 Å². The maximum atomic E-state index is 12.1. The normalized spacial score (nSPS) is 39.4. The van der Waals surface area contributed by atoms with E-state index in [2.05, 4.69) is 20.8 Å². The predicted octanol–water partition coefficient (Wildman–Crippen LogP) is 3.05. The van der Waals surface area contributed by atoms with E-state index in [-0.39, 0.29) is 48.9 Å². The molecule has 0 aromatic rings. The molecule has 0 aromatic carbocycles. The second-order valence-corrected chi connectivity index (χ2v) is 9.64. The fraction of sp³-hybridized carbons (Fsp3) is 0.947. The number of ether oxygens (including phenoxy) is 1. The minimum atomic E-state index is -0.345. The summed E-state index contributed by atoms with van der Waals surface area (Å²) < 4.78 is 18.4. The van der Waals surface area contributed by atoms with Gasteiger partial charge in [-0.2, -0.15) is 0 Å². The summed E-state index contributed by atoms with van der Waals surface area (Å²) in [6.07, 6.45) is 5.87. The van der Waals surface area contributed by atoms with E-state index in [1.165, 1.54) is 19.3 Å². The summed E-state index contributed by atoms with van der Waals surface area (Å²) in [5, 5.41) is 0. The van der Waals surface area contributed by atoms with E-state index >= 15 is 0 Å². The van der Waals surface area contributed by atoms with Crippen molar-refractivity contribution in [2.45, 2.75) is 70.4 Å². The molecular formula is C19H33BClNO4. The zero-order valence-electron chi connectivity index (χ0n) is 16.4. The molecule has 6 atom stereocenters. The number of hydrogen-bond donors (Lipinski definition) is 1. The number of primary amides is 1. The van der Waals surface area contributed by atoms with E-state index in [0.717, 1.165) is 18.8 Å². The van der Waals surface area contributed by atoms with Crippen LogP contribution in [0.3, 0.4) is 0 Å². The molecule has 1 saturated heterocycles. The van der Waals surface area contributed by atoms with E-state index in [1.807, 2.05) is 0 Å². The molecule has 4 saturated carbocycles. The van der Waals surface area contributed by atoms with Crippen molar-refractivity contribution in [1.29, 1.82) is 0 Å². The number of amides is 1. The minimum Gasteiger partial charge on any atom is -0.405 e. The molecule has 4 aliphatic carbocycles. The zero-order chi connectivity index (χ0) is 18.0. The summed E-state index contributed by atoms with van der Waals surface area (Å²) in [7, 11) is 1.29. The molecule has 5 fully saturated rings. The van der Waals surface area contributed by atoms with Crippen LogP contribution in [0.25, 0.3) is 0 Å². The van der Waals surface area contributed by atoms with Crippen LogP contribution in [0.15, 0.2) is 0 Å². The van der Waals surface area contributed by atoms with Crippen LogP contribution in [-0.2, 0) is 18.8 Å². The number of rotatable bonds is 7. The number of nitrogens with two attached hydrogens (primary N) is 1. The minimum absolute atomic E-state index is 0. The van der Waals surface area contributed by atoms with Gasteiger partial charge in [-0.1, -0.05) is 26.7 Å². The smallest absolute Gasteiger partial charge is 0.405 e. The van der Waals surface area contributed by atoms with Crippen molar-refractivity contribution in [2.24, 2.45) is 34.8 Å². The van der Waals surface area contributed by atoms with Crippen molar-refractivity contribution >= 4 is 25.4 Å². The Labute approximate surface area is 163 Å². The first-order valence-electron chi connectivity index (χ1n) is 9.89. The molecular weight excluding hydrogens is 352 g/mol. The Morgan fingerprint density at radius 2 is 2.00 bits per heavy atom. The third kappa shape index (κ3) is 3.11. The average Bonchev–Trinajstić information content (AvgIpc) is 3.28. The first-order chi connectivity index (χ1) is 11.8. The average molecular weight is 386 g/mol. The second-order valence-electron chi connectivity index (χ2n) is 9.64. The summed E-state index contributed by atoms with van der Waals surface area (Å²) >= 11 is 0. The standard InChI is InChI=1S/C19H32BNO4.ClH/c1-18(2)12-8-15(18)19(3)16(9-12)24-20(25-19)14(7-11-5-6-11)13(10-23-4)17(21)22;/h11-16H,5-10H2,1-4H3,(H2,21,22);1H/t12-,13?,14+,15-,16+,19-;/m0./s1. The molecule has 1 aliphatic heterocycles. The highest BCUT2D eigenvalue weighted by molar-refractivity contribution is 6.48. The first kappa shape index (κ1) is 20.4. The lowest BCUT2D eigenvalue weighted by atomic mass is 9.43. The van der Waals surface area contributed by atoms with Crippen molar-refractivity contribution in [3.05, 3.63) is 0 Å². The van der Waals surface area contributed by atoms with Gasteiger partial charge in [-0.3, -0.25) is 4.79 Å². The quantitative estimate of drug-likeness (QED) is 0.684. The lowest BCUT2D eigenvalue weighted by Crippen LogP contribution is -2.65. The molecule has 1 amide bonds. The highest BCUT2D eigenvalue weighted by Gasteiger charge is 2.68. The lowest BCUT2D eigenvalue weighted by molar-refractivity contribution is -0.199. The highest BCUT2D eigenvalue weighted by Crippen LogP contribution is 2.66. The lowest BCUT2D eigenvalue weighted by Gasteiger charge is -2.64. The van der Waals surface area contributed by atoms with Crippen LogP contribution < -0.4 is 5.73 Å². The van der Waals surface area contributed by atoms with Gasteiger partial charge in [-0.25, -0.2) is 0 Å². The van der Waals surface area contributed by atoms with Crippen LogP contribution in [0.2, 0.25) is 5.82 Å². The number of halogens is 1. The predicted molar refractivity (Wildman–Crippen MR) is 103 cm³/mol. The van der Waals surface area contributed by atoms with E-state index in [1.54, 1.807) is 7.11 Å². The Bertz CT molecular complexity index is 558. The molecule has 5 rings (SSSR count). The van der Waals surface area contributed by atoms with Gasteiger partial charge in [0, 0.05) is 12.9 Å². The number of hydrogen-bond acceptors (Lipinski definition) is 4. The summed E-state index contributed by atoms with van der Waals surface area (Å²) in [6, 6.07) is 0. The number of carbonyl (C=O) groups is 1. The van der Waals surface area contributed by atoms with E-state index in [0.29, 0.717) is 23.9 Å². The van der Waals surface area contributed by atoms with Crippen LogP contribution in [0, 0.1) is 29.1 Å². The summed E-state index contributed by atoms with van der Waals surface area (Å²) in [6.45, 7) is 7.30.